The molecule has 49 heavy (non-hydrogen) atoms. The van der Waals surface area contributed by atoms with E-state index in [-0.39, 0.29) is 20.4 Å². The van der Waals surface area contributed by atoms with Crippen LogP contribution in [0.15, 0.2) is 58.5 Å². The molecule has 2 nitrogen and oxygen atoms in total. The molecule has 0 bridgehead atoms. The number of aryl methyl sites for hydroxylation is 4. The van der Waals surface area contributed by atoms with Gasteiger partial charge in [0.15, 0.2) is 0 Å². The molecule has 2 aromatic rings. The molecule has 0 amide bonds. The van der Waals surface area contributed by atoms with Crippen molar-refractivity contribution >= 4 is 22.8 Å². The summed E-state index contributed by atoms with van der Waals surface area (Å²) in [6.07, 6.45) is 35.8. The van der Waals surface area contributed by atoms with E-state index >= 15 is 0 Å². The SMILES string of the molecule is CCCCCCCCCCCCCCCCC/C=C/C(=Nc1cc(CCC)cc(CCC)c1)C(C)=Nc1cc(CCC)cc(CCC)c1.[Pd]. The van der Waals surface area contributed by atoms with Gasteiger partial charge in [0.25, 0.3) is 0 Å². The fourth-order valence-corrected chi connectivity index (χ4v) is 6.80. The zero-order valence-electron chi connectivity index (χ0n) is 32.8. The third kappa shape index (κ3) is 21.2. The monoisotopic (exact) mass is 760 g/mol. The Morgan fingerprint density at radius 1 is 0.449 bits per heavy atom. The Hall–Kier alpha value is -1.82. The molecule has 0 radical (unpaired) electrons. The van der Waals surface area contributed by atoms with Crippen LogP contribution in [0.4, 0.5) is 11.4 Å². The van der Waals surface area contributed by atoms with Crippen LogP contribution in [0.3, 0.4) is 0 Å². The Balaban J connectivity index is 0.0000120. The molecule has 0 atom stereocenters. The maximum atomic E-state index is 5.27. The van der Waals surface area contributed by atoms with E-state index < -0.39 is 0 Å². The molecule has 0 fully saturated rings. The van der Waals surface area contributed by atoms with Crippen molar-refractivity contribution in [2.75, 3.05) is 0 Å². The normalized spacial score (nSPS) is 12.2. The summed E-state index contributed by atoms with van der Waals surface area (Å²) in [6, 6.07) is 13.9. The van der Waals surface area contributed by atoms with Gasteiger partial charge in [-0.1, -0.05) is 168 Å². The van der Waals surface area contributed by atoms with Crippen molar-refractivity contribution in [1.29, 1.82) is 0 Å². The summed E-state index contributed by atoms with van der Waals surface area (Å²) in [5.74, 6) is 0. The molecule has 2 rings (SSSR count). The minimum Gasteiger partial charge on any atom is -0.251 e. The van der Waals surface area contributed by atoms with E-state index in [4.69, 9.17) is 9.98 Å². The van der Waals surface area contributed by atoms with Gasteiger partial charge < -0.3 is 0 Å². The number of aliphatic imine (C=N–C) groups is 2. The Morgan fingerprint density at radius 3 is 1.16 bits per heavy atom. The van der Waals surface area contributed by atoms with Crippen LogP contribution in [0.5, 0.6) is 0 Å². The van der Waals surface area contributed by atoms with Crippen molar-refractivity contribution < 1.29 is 20.4 Å². The summed E-state index contributed by atoms with van der Waals surface area (Å²) >= 11 is 0. The molecule has 0 aliphatic rings. The Kier molecular flexibility index (Phi) is 27.6. The van der Waals surface area contributed by atoms with Crippen LogP contribution in [0.2, 0.25) is 0 Å². The average Bonchev–Trinajstić information content (AvgIpc) is 3.06. The number of hydrogen-bond donors (Lipinski definition) is 0. The number of rotatable bonds is 28. The molecule has 0 saturated heterocycles. The Bertz CT molecular complexity index is 1160. The van der Waals surface area contributed by atoms with Gasteiger partial charge in [-0.25, -0.2) is 4.99 Å². The second kappa shape index (κ2) is 29.9. The molecule has 3 heteroatoms. The molecule has 0 spiro atoms. The second-order valence-corrected chi connectivity index (χ2v) is 14.4. The topological polar surface area (TPSA) is 24.7 Å². The van der Waals surface area contributed by atoms with Gasteiger partial charge in [-0.3, -0.25) is 4.99 Å². The van der Waals surface area contributed by atoms with Crippen molar-refractivity contribution in [3.8, 4) is 0 Å². The third-order valence-corrected chi connectivity index (χ3v) is 9.40. The molecule has 278 valence electrons. The van der Waals surface area contributed by atoms with Crippen molar-refractivity contribution in [3.63, 3.8) is 0 Å². The van der Waals surface area contributed by atoms with Gasteiger partial charge >= 0.3 is 0 Å². The zero-order valence-corrected chi connectivity index (χ0v) is 34.4. The molecule has 0 heterocycles. The van der Waals surface area contributed by atoms with Gasteiger partial charge in [0.2, 0.25) is 0 Å². The van der Waals surface area contributed by atoms with Gasteiger partial charge in [-0.05, 0) is 98.0 Å². The van der Waals surface area contributed by atoms with Gasteiger partial charge in [-0.15, -0.1) is 0 Å². The number of nitrogens with zero attached hydrogens (tertiary/aromatic N) is 2. The first-order chi connectivity index (χ1) is 23.5. The molecule has 2 aromatic carbocycles. The Labute approximate surface area is 318 Å². The summed E-state index contributed by atoms with van der Waals surface area (Å²) in [5.41, 5.74) is 9.71. The maximum Gasteiger partial charge on any atom is 0.0845 e. The summed E-state index contributed by atoms with van der Waals surface area (Å²) in [6.45, 7) is 13.5. The van der Waals surface area contributed by atoms with Crippen LogP contribution in [-0.2, 0) is 46.1 Å². The number of allylic oxidation sites excluding steroid dienone is 2. The van der Waals surface area contributed by atoms with Gasteiger partial charge in [0.05, 0.1) is 22.8 Å². The van der Waals surface area contributed by atoms with E-state index in [1.807, 2.05) is 0 Å². The average molecular weight is 762 g/mol. The first kappa shape index (κ1) is 45.2. The predicted molar refractivity (Wildman–Crippen MR) is 217 cm³/mol. The number of benzene rings is 2. The summed E-state index contributed by atoms with van der Waals surface area (Å²) in [5, 5.41) is 0. The molecule has 0 aliphatic carbocycles. The minimum absolute atomic E-state index is 0. The van der Waals surface area contributed by atoms with E-state index in [0.717, 1.165) is 80.6 Å². The largest absolute Gasteiger partial charge is 0.251 e. The predicted octanol–water partition coefficient (Wildman–Crippen LogP) is 15.2. The first-order valence-corrected chi connectivity index (χ1v) is 20.6. The van der Waals surface area contributed by atoms with Gasteiger partial charge in [0.1, 0.15) is 0 Å². The van der Waals surface area contributed by atoms with Crippen LogP contribution in [0, 0.1) is 0 Å². The smallest absolute Gasteiger partial charge is 0.0845 e. The van der Waals surface area contributed by atoms with E-state index in [9.17, 15) is 0 Å². The van der Waals surface area contributed by atoms with Gasteiger partial charge in [-0.2, -0.15) is 0 Å². The van der Waals surface area contributed by atoms with Crippen LogP contribution in [0.25, 0.3) is 0 Å². The van der Waals surface area contributed by atoms with Crippen LogP contribution in [0.1, 0.15) is 192 Å². The fourth-order valence-electron chi connectivity index (χ4n) is 6.80. The Morgan fingerprint density at radius 2 is 0.796 bits per heavy atom. The van der Waals surface area contributed by atoms with E-state index in [2.05, 4.69) is 90.1 Å². The van der Waals surface area contributed by atoms with Gasteiger partial charge in [0, 0.05) is 20.4 Å². The van der Waals surface area contributed by atoms with Crippen molar-refractivity contribution in [2.24, 2.45) is 9.98 Å². The van der Waals surface area contributed by atoms with E-state index in [1.165, 1.54) is 119 Å². The number of unbranched alkanes of at least 4 members (excludes halogenated alkanes) is 15. The van der Waals surface area contributed by atoms with Crippen molar-refractivity contribution in [1.82, 2.24) is 0 Å². The van der Waals surface area contributed by atoms with E-state index in [1.54, 1.807) is 0 Å². The van der Waals surface area contributed by atoms with Crippen LogP contribution >= 0.6 is 0 Å². The summed E-state index contributed by atoms with van der Waals surface area (Å²) in [7, 11) is 0. The molecule has 0 unspecified atom stereocenters. The summed E-state index contributed by atoms with van der Waals surface area (Å²) < 4.78 is 0. The van der Waals surface area contributed by atoms with Crippen molar-refractivity contribution in [2.45, 2.75) is 196 Å². The summed E-state index contributed by atoms with van der Waals surface area (Å²) in [4.78, 5) is 10.5. The van der Waals surface area contributed by atoms with Crippen LogP contribution in [-0.4, -0.2) is 11.4 Å². The van der Waals surface area contributed by atoms with E-state index in [0.29, 0.717) is 0 Å². The fraction of sp³-hybridized carbons (Fsp3) is 0.652. The molecular formula is C46H74N2Pd. The zero-order chi connectivity index (χ0) is 34.7. The second-order valence-electron chi connectivity index (χ2n) is 14.4. The molecule has 0 N–H and O–H groups in total. The quantitative estimate of drug-likeness (QED) is 0.0469. The van der Waals surface area contributed by atoms with Crippen LogP contribution < -0.4 is 0 Å². The molecule has 0 aromatic heterocycles. The molecule has 0 saturated carbocycles. The maximum absolute atomic E-state index is 5.27. The van der Waals surface area contributed by atoms with Crippen molar-refractivity contribution in [3.05, 3.63) is 70.8 Å². The molecule has 0 aliphatic heterocycles. The number of hydrogen-bond acceptors (Lipinski definition) is 2. The molecular weight excluding hydrogens is 687 g/mol. The standard InChI is InChI=1S/C46H74N2.Pd/c1-7-12-13-14-15-16-17-18-19-20-21-22-23-24-25-26-27-32-46(48-45-37-42(30-10-4)34-43(38-45)31-11-5)39(6)47-44-35-40(28-8-2)33-41(36-44)29-9-3;/h27,32-38H,7-26,28-31H2,1-6H3;/b32-27+,47-39?,48-46?;. The first-order valence-electron chi connectivity index (χ1n) is 20.6. The minimum atomic E-state index is 0. The third-order valence-electron chi connectivity index (χ3n) is 9.40.